The largest absolute Gasteiger partial charge is 0.297 e. The molecule has 0 aliphatic rings. The summed E-state index contributed by atoms with van der Waals surface area (Å²) in [7, 11) is 0. The molecule has 0 bridgehead atoms. The summed E-state index contributed by atoms with van der Waals surface area (Å²) in [6, 6.07) is 24.6. The van der Waals surface area contributed by atoms with Crippen LogP contribution in [0.25, 0.3) is 16.7 Å². The van der Waals surface area contributed by atoms with Crippen LogP contribution in [0, 0.1) is 6.92 Å². The molecule has 0 saturated heterocycles. The maximum atomic E-state index is 12.4. The number of imidazole rings is 1. The van der Waals surface area contributed by atoms with Crippen LogP contribution in [0.4, 0.5) is 0 Å². The van der Waals surface area contributed by atoms with E-state index in [1.165, 1.54) is 0 Å². The number of hydrogen-bond acceptors (Lipinski definition) is 3. The number of para-hydroxylation sites is 1. The topological polar surface area (TPSA) is 76.0 Å². The number of hydrogen-bond donors (Lipinski definition) is 2. The SMILES string of the molecule is Cc1nc2cc(C(=O)NNC(=O)Cc3ccccc3)ccc2n1-c1ccccc1. The molecule has 2 N–H and O–H groups in total. The van der Waals surface area contributed by atoms with Crippen molar-refractivity contribution < 1.29 is 9.59 Å². The van der Waals surface area contributed by atoms with Crippen LogP contribution in [0.2, 0.25) is 0 Å². The average Bonchev–Trinajstić information content (AvgIpc) is 3.08. The Morgan fingerprint density at radius 3 is 2.31 bits per heavy atom. The fourth-order valence-corrected chi connectivity index (χ4v) is 3.27. The van der Waals surface area contributed by atoms with E-state index in [1.807, 2.05) is 78.2 Å². The van der Waals surface area contributed by atoms with Gasteiger partial charge in [-0.2, -0.15) is 0 Å². The highest BCUT2D eigenvalue weighted by Crippen LogP contribution is 2.22. The molecule has 0 spiro atoms. The first-order valence-electron chi connectivity index (χ1n) is 9.29. The Morgan fingerprint density at radius 2 is 1.59 bits per heavy atom. The minimum Gasteiger partial charge on any atom is -0.297 e. The summed E-state index contributed by atoms with van der Waals surface area (Å²) >= 11 is 0. The van der Waals surface area contributed by atoms with E-state index in [1.54, 1.807) is 12.1 Å². The summed E-state index contributed by atoms with van der Waals surface area (Å²) in [5.74, 6) is 0.162. The van der Waals surface area contributed by atoms with Crippen molar-refractivity contribution in [2.45, 2.75) is 13.3 Å². The van der Waals surface area contributed by atoms with Gasteiger partial charge in [-0.3, -0.25) is 25.0 Å². The smallest absolute Gasteiger partial charge is 0.269 e. The molecule has 0 aliphatic heterocycles. The number of nitrogens with zero attached hydrogens (tertiary/aromatic N) is 2. The first-order chi connectivity index (χ1) is 14.1. The van der Waals surface area contributed by atoms with Gasteiger partial charge in [-0.25, -0.2) is 4.98 Å². The molecule has 2 amide bonds. The quantitative estimate of drug-likeness (QED) is 0.530. The molecule has 0 radical (unpaired) electrons. The maximum Gasteiger partial charge on any atom is 0.269 e. The molecule has 0 aliphatic carbocycles. The zero-order valence-corrected chi connectivity index (χ0v) is 15.9. The van der Waals surface area contributed by atoms with E-state index >= 15 is 0 Å². The number of hydrazine groups is 1. The lowest BCUT2D eigenvalue weighted by Gasteiger charge is -2.08. The molecular weight excluding hydrogens is 364 g/mol. The fourth-order valence-electron chi connectivity index (χ4n) is 3.27. The summed E-state index contributed by atoms with van der Waals surface area (Å²) in [4.78, 5) is 29.0. The van der Waals surface area contributed by atoms with Crippen molar-refractivity contribution in [3.8, 4) is 5.69 Å². The van der Waals surface area contributed by atoms with Crippen molar-refractivity contribution >= 4 is 22.8 Å². The third-order valence-corrected chi connectivity index (χ3v) is 4.62. The third-order valence-electron chi connectivity index (χ3n) is 4.62. The number of aryl methyl sites for hydroxylation is 1. The normalized spacial score (nSPS) is 10.7. The van der Waals surface area contributed by atoms with Gasteiger partial charge in [-0.15, -0.1) is 0 Å². The monoisotopic (exact) mass is 384 g/mol. The predicted octanol–water partition coefficient (Wildman–Crippen LogP) is 3.34. The van der Waals surface area contributed by atoms with Crippen LogP contribution in [-0.2, 0) is 11.2 Å². The zero-order valence-electron chi connectivity index (χ0n) is 15.9. The molecule has 4 aromatic rings. The van der Waals surface area contributed by atoms with E-state index in [2.05, 4.69) is 15.8 Å². The molecule has 1 heterocycles. The van der Waals surface area contributed by atoms with E-state index in [9.17, 15) is 9.59 Å². The van der Waals surface area contributed by atoms with E-state index in [0.29, 0.717) is 5.56 Å². The third kappa shape index (κ3) is 4.01. The second kappa shape index (κ2) is 7.98. The number of benzene rings is 3. The first-order valence-corrected chi connectivity index (χ1v) is 9.29. The highest BCUT2D eigenvalue weighted by atomic mass is 16.2. The summed E-state index contributed by atoms with van der Waals surface area (Å²) in [5, 5.41) is 0. The number of nitrogens with one attached hydrogen (secondary N) is 2. The van der Waals surface area contributed by atoms with E-state index in [4.69, 9.17) is 0 Å². The molecule has 6 nitrogen and oxygen atoms in total. The second-order valence-electron chi connectivity index (χ2n) is 6.70. The van der Waals surface area contributed by atoms with Gasteiger partial charge in [0.2, 0.25) is 5.91 Å². The van der Waals surface area contributed by atoms with Crippen LogP contribution in [-0.4, -0.2) is 21.4 Å². The van der Waals surface area contributed by atoms with Gasteiger partial charge in [-0.1, -0.05) is 48.5 Å². The van der Waals surface area contributed by atoms with Crippen LogP contribution >= 0.6 is 0 Å². The lowest BCUT2D eigenvalue weighted by molar-refractivity contribution is -0.121. The molecule has 29 heavy (non-hydrogen) atoms. The van der Waals surface area contributed by atoms with Gasteiger partial charge in [0.1, 0.15) is 5.82 Å². The Bertz CT molecular complexity index is 1170. The Kier molecular flexibility index (Phi) is 5.07. The van der Waals surface area contributed by atoms with Crippen molar-refractivity contribution in [1.29, 1.82) is 0 Å². The van der Waals surface area contributed by atoms with Gasteiger partial charge >= 0.3 is 0 Å². The molecule has 0 atom stereocenters. The summed E-state index contributed by atoms with van der Waals surface area (Å²) in [6.07, 6.45) is 0.195. The minimum absolute atomic E-state index is 0.195. The molecule has 0 unspecified atom stereocenters. The summed E-state index contributed by atoms with van der Waals surface area (Å²) < 4.78 is 2.04. The summed E-state index contributed by atoms with van der Waals surface area (Å²) in [6.45, 7) is 1.93. The van der Waals surface area contributed by atoms with Crippen molar-refractivity contribution in [2.75, 3.05) is 0 Å². The molecule has 3 aromatic carbocycles. The second-order valence-corrected chi connectivity index (χ2v) is 6.70. The molecule has 6 heteroatoms. The molecule has 144 valence electrons. The Balaban J connectivity index is 1.48. The molecule has 4 rings (SSSR count). The van der Waals surface area contributed by atoms with Crippen LogP contribution in [0.1, 0.15) is 21.7 Å². The zero-order chi connectivity index (χ0) is 20.2. The minimum atomic E-state index is -0.389. The first kappa shape index (κ1) is 18.4. The number of carbonyl (C=O) groups is 2. The predicted molar refractivity (Wildman–Crippen MR) is 112 cm³/mol. The van der Waals surface area contributed by atoms with Crippen molar-refractivity contribution in [3.05, 3.63) is 95.8 Å². The number of carbonyl (C=O) groups excluding carboxylic acids is 2. The van der Waals surface area contributed by atoms with Gasteiger partial charge < -0.3 is 0 Å². The Morgan fingerprint density at radius 1 is 0.897 bits per heavy atom. The van der Waals surface area contributed by atoms with Gasteiger partial charge in [-0.05, 0) is 42.8 Å². The molecule has 0 fully saturated rings. The molecule has 1 aromatic heterocycles. The van der Waals surface area contributed by atoms with Gasteiger partial charge in [0.05, 0.1) is 17.5 Å². The van der Waals surface area contributed by atoms with Crippen molar-refractivity contribution in [1.82, 2.24) is 20.4 Å². The van der Waals surface area contributed by atoms with Crippen molar-refractivity contribution in [2.24, 2.45) is 0 Å². The molecule has 0 saturated carbocycles. The highest BCUT2D eigenvalue weighted by molar-refractivity contribution is 5.98. The van der Waals surface area contributed by atoms with E-state index in [-0.39, 0.29) is 18.2 Å². The lowest BCUT2D eigenvalue weighted by Crippen LogP contribution is -2.42. The van der Waals surface area contributed by atoms with Crippen LogP contribution in [0.5, 0.6) is 0 Å². The number of amides is 2. The lowest BCUT2D eigenvalue weighted by atomic mass is 10.1. The van der Waals surface area contributed by atoms with Gasteiger partial charge in [0, 0.05) is 11.3 Å². The Labute approximate surface area is 168 Å². The van der Waals surface area contributed by atoms with Crippen LogP contribution in [0.3, 0.4) is 0 Å². The van der Waals surface area contributed by atoms with Gasteiger partial charge in [0.25, 0.3) is 5.91 Å². The summed E-state index contributed by atoms with van der Waals surface area (Å²) in [5.41, 5.74) is 8.87. The number of fused-ring (bicyclic) bond motifs is 1. The van der Waals surface area contributed by atoms with Crippen LogP contribution < -0.4 is 10.9 Å². The number of rotatable bonds is 4. The van der Waals surface area contributed by atoms with Crippen LogP contribution in [0.15, 0.2) is 78.9 Å². The average molecular weight is 384 g/mol. The molecular formula is C23H20N4O2. The van der Waals surface area contributed by atoms with Gasteiger partial charge in [0.15, 0.2) is 0 Å². The Hall–Kier alpha value is -3.93. The highest BCUT2D eigenvalue weighted by Gasteiger charge is 2.13. The van der Waals surface area contributed by atoms with E-state index < -0.39 is 0 Å². The maximum absolute atomic E-state index is 12.4. The van der Waals surface area contributed by atoms with E-state index in [0.717, 1.165) is 28.1 Å². The fraction of sp³-hybridized carbons (Fsp3) is 0.0870. The van der Waals surface area contributed by atoms with Crippen molar-refractivity contribution in [3.63, 3.8) is 0 Å². The number of aromatic nitrogens is 2. The standard InChI is InChI=1S/C23H20N4O2/c1-16-24-20-15-18(12-13-21(20)27(16)19-10-6-3-7-11-19)23(29)26-25-22(28)14-17-8-4-2-5-9-17/h2-13,15H,14H2,1H3,(H,25,28)(H,26,29).